The van der Waals surface area contributed by atoms with Gasteiger partial charge in [-0.25, -0.2) is 9.89 Å². The van der Waals surface area contributed by atoms with Crippen molar-refractivity contribution in [3.8, 4) is 11.3 Å². The third kappa shape index (κ3) is 4.68. The average Bonchev–Trinajstić information content (AvgIpc) is 2.62. The van der Waals surface area contributed by atoms with Crippen molar-refractivity contribution >= 4 is 29.0 Å². The predicted molar refractivity (Wildman–Crippen MR) is 99.4 cm³/mol. The first-order chi connectivity index (χ1) is 13.2. The molecule has 3 aromatic rings. The van der Waals surface area contributed by atoms with E-state index >= 15 is 0 Å². The number of alkyl halides is 3. The quantitative estimate of drug-likeness (QED) is 0.584. The average molecular weight is 409 g/mol. The molecule has 1 heterocycles. The van der Waals surface area contributed by atoms with Gasteiger partial charge in [-0.2, -0.15) is 18.3 Å². The van der Waals surface area contributed by atoms with Crippen LogP contribution in [-0.2, 0) is 6.18 Å². The molecule has 0 aliphatic carbocycles. The van der Waals surface area contributed by atoms with Crippen molar-refractivity contribution in [2.24, 2.45) is 0 Å². The molecule has 0 bridgehead atoms. The number of benzene rings is 2. The van der Waals surface area contributed by atoms with E-state index in [0.29, 0.717) is 16.3 Å². The first-order valence-electron chi connectivity index (χ1n) is 7.83. The molecule has 0 saturated heterocycles. The summed E-state index contributed by atoms with van der Waals surface area (Å²) in [6, 6.07) is 10.9. The zero-order valence-electron chi connectivity index (χ0n) is 14.0. The summed E-state index contributed by atoms with van der Waals surface area (Å²) in [5, 5.41) is 11.6. The van der Waals surface area contributed by atoms with Gasteiger partial charge in [0.15, 0.2) is 0 Å². The molecule has 3 N–H and O–H groups in total. The monoisotopic (exact) mass is 408 g/mol. The van der Waals surface area contributed by atoms with Crippen LogP contribution in [0, 0.1) is 0 Å². The number of anilines is 2. The summed E-state index contributed by atoms with van der Waals surface area (Å²) in [7, 11) is 0. The number of nitrogens with one attached hydrogen (secondary N) is 3. The maximum absolute atomic E-state index is 12.6. The lowest BCUT2D eigenvalue weighted by atomic mass is 10.1. The SMILES string of the molecule is O=C(Nc1ccc(C(F)(F)F)cc1)Nc1cc(=O)[nH]nc1-c1ccc(Cl)cc1. The van der Waals surface area contributed by atoms with Crippen LogP contribution < -0.4 is 16.2 Å². The molecule has 0 aliphatic heterocycles. The summed E-state index contributed by atoms with van der Waals surface area (Å²) in [6.45, 7) is 0. The molecule has 0 spiro atoms. The van der Waals surface area contributed by atoms with Crippen LogP contribution in [0.15, 0.2) is 59.4 Å². The Morgan fingerprint density at radius 3 is 2.25 bits per heavy atom. The van der Waals surface area contributed by atoms with Gasteiger partial charge in [0.05, 0.1) is 11.3 Å². The minimum absolute atomic E-state index is 0.121. The van der Waals surface area contributed by atoms with Crippen molar-refractivity contribution in [1.82, 2.24) is 10.2 Å². The number of halogens is 4. The molecule has 0 radical (unpaired) electrons. The van der Waals surface area contributed by atoms with Gasteiger partial charge in [0.2, 0.25) is 0 Å². The zero-order chi connectivity index (χ0) is 20.3. The maximum atomic E-state index is 12.6. The van der Waals surface area contributed by atoms with E-state index in [1.165, 1.54) is 0 Å². The lowest BCUT2D eigenvalue weighted by Gasteiger charge is -2.12. The number of amides is 2. The Hall–Kier alpha value is -3.33. The lowest BCUT2D eigenvalue weighted by Crippen LogP contribution is -2.22. The topological polar surface area (TPSA) is 86.9 Å². The van der Waals surface area contributed by atoms with Crippen molar-refractivity contribution in [2.45, 2.75) is 6.18 Å². The van der Waals surface area contributed by atoms with E-state index in [0.717, 1.165) is 30.3 Å². The first kappa shape index (κ1) is 19.4. The number of H-pyrrole nitrogens is 1. The molecule has 6 nitrogen and oxygen atoms in total. The number of nitrogens with zero attached hydrogens (tertiary/aromatic N) is 1. The predicted octanol–water partition coefficient (Wildman–Crippen LogP) is 4.75. The van der Waals surface area contributed by atoms with Gasteiger partial charge in [-0.15, -0.1) is 0 Å². The molecule has 0 saturated carbocycles. The fourth-order valence-corrected chi connectivity index (χ4v) is 2.48. The zero-order valence-corrected chi connectivity index (χ0v) is 14.7. The molecule has 3 rings (SSSR count). The smallest absolute Gasteiger partial charge is 0.308 e. The third-order valence-electron chi connectivity index (χ3n) is 3.64. The third-order valence-corrected chi connectivity index (χ3v) is 3.90. The van der Waals surface area contributed by atoms with Gasteiger partial charge in [-0.05, 0) is 36.4 Å². The number of hydrogen-bond donors (Lipinski definition) is 3. The number of urea groups is 1. The highest BCUT2D eigenvalue weighted by atomic mass is 35.5. The first-order valence-corrected chi connectivity index (χ1v) is 8.21. The van der Waals surface area contributed by atoms with E-state index in [4.69, 9.17) is 11.6 Å². The van der Waals surface area contributed by atoms with E-state index < -0.39 is 23.3 Å². The molecule has 0 atom stereocenters. The van der Waals surface area contributed by atoms with Crippen molar-refractivity contribution < 1.29 is 18.0 Å². The van der Waals surface area contributed by atoms with Gasteiger partial charge in [0.1, 0.15) is 5.69 Å². The van der Waals surface area contributed by atoms with Gasteiger partial charge >= 0.3 is 12.2 Å². The summed E-state index contributed by atoms with van der Waals surface area (Å²) in [5.74, 6) is 0. The Morgan fingerprint density at radius 2 is 1.64 bits per heavy atom. The fraction of sp³-hybridized carbons (Fsp3) is 0.0556. The molecule has 2 aromatic carbocycles. The van der Waals surface area contributed by atoms with Crippen LogP contribution in [0.1, 0.15) is 5.56 Å². The van der Waals surface area contributed by atoms with E-state index in [-0.39, 0.29) is 11.4 Å². The molecule has 0 fully saturated rings. The molecular weight excluding hydrogens is 397 g/mol. The van der Waals surface area contributed by atoms with Crippen LogP contribution in [0.3, 0.4) is 0 Å². The van der Waals surface area contributed by atoms with E-state index in [1.54, 1.807) is 24.3 Å². The van der Waals surface area contributed by atoms with E-state index in [9.17, 15) is 22.8 Å². The number of hydrogen-bond acceptors (Lipinski definition) is 3. The van der Waals surface area contributed by atoms with Crippen molar-refractivity contribution in [1.29, 1.82) is 0 Å². The Labute approximate surface area is 161 Å². The van der Waals surface area contributed by atoms with Crippen molar-refractivity contribution in [3.63, 3.8) is 0 Å². The summed E-state index contributed by atoms with van der Waals surface area (Å²) < 4.78 is 37.8. The van der Waals surface area contributed by atoms with Crippen molar-refractivity contribution in [2.75, 3.05) is 10.6 Å². The fourth-order valence-electron chi connectivity index (χ4n) is 2.35. The normalized spacial score (nSPS) is 11.1. The van der Waals surface area contributed by atoms with Gasteiger partial charge in [-0.3, -0.25) is 4.79 Å². The van der Waals surface area contributed by atoms with E-state index in [2.05, 4.69) is 20.8 Å². The molecule has 28 heavy (non-hydrogen) atoms. The largest absolute Gasteiger partial charge is 0.416 e. The van der Waals surface area contributed by atoms with Crippen LogP contribution in [0.5, 0.6) is 0 Å². The summed E-state index contributed by atoms with van der Waals surface area (Å²) in [4.78, 5) is 23.8. The van der Waals surface area contributed by atoms with Crippen LogP contribution in [0.4, 0.5) is 29.3 Å². The lowest BCUT2D eigenvalue weighted by molar-refractivity contribution is -0.137. The highest BCUT2D eigenvalue weighted by Crippen LogP contribution is 2.30. The summed E-state index contributed by atoms with van der Waals surface area (Å²) >= 11 is 5.85. The number of aromatic amines is 1. The van der Waals surface area contributed by atoms with E-state index in [1.807, 2.05) is 0 Å². The Kier molecular flexibility index (Phi) is 5.36. The second-order valence-electron chi connectivity index (χ2n) is 5.66. The van der Waals surface area contributed by atoms with Crippen LogP contribution >= 0.6 is 11.6 Å². The minimum Gasteiger partial charge on any atom is -0.308 e. The highest BCUT2D eigenvalue weighted by molar-refractivity contribution is 6.30. The standard InChI is InChI=1S/C18H12ClF3N4O2/c19-12-5-1-10(2-6-12)16-14(9-15(27)25-26-16)24-17(28)23-13-7-3-11(4-8-13)18(20,21)22/h1-9H,(H3,23,24,25,27,28). The minimum atomic E-state index is -4.47. The number of carbonyl (C=O) groups is 1. The second-order valence-corrected chi connectivity index (χ2v) is 6.09. The number of rotatable bonds is 3. The molecule has 2 amide bonds. The molecular formula is C18H12ClF3N4O2. The van der Waals surface area contributed by atoms with Gasteiger partial charge in [-0.1, -0.05) is 23.7 Å². The number of aromatic nitrogens is 2. The van der Waals surface area contributed by atoms with Crippen LogP contribution in [0.2, 0.25) is 5.02 Å². The van der Waals surface area contributed by atoms with Crippen LogP contribution in [-0.4, -0.2) is 16.2 Å². The highest BCUT2D eigenvalue weighted by Gasteiger charge is 2.30. The molecule has 1 aromatic heterocycles. The van der Waals surface area contributed by atoms with Crippen molar-refractivity contribution in [3.05, 3.63) is 75.5 Å². The molecule has 10 heteroatoms. The number of carbonyl (C=O) groups excluding carboxylic acids is 1. The molecule has 0 aliphatic rings. The summed E-state index contributed by atoms with van der Waals surface area (Å²) in [5.41, 5.74) is -0.221. The molecule has 0 unspecified atom stereocenters. The van der Waals surface area contributed by atoms with Gasteiger partial charge in [0, 0.05) is 22.3 Å². The van der Waals surface area contributed by atoms with Gasteiger partial charge < -0.3 is 10.6 Å². The van der Waals surface area contributed by atoms with Crippen LogP contribution in [0.25, 0.3) is 11.3 Å². The maximum Gasteiger partial charge on any atom is 0.416 e. The molecule has 144 valence electrons. The Morgan fingerprint density at radius 1 is 1.00 bits per heavy atom. The summed E-state index contributed by atoms with van der Waals surface area (Å²) in [6.07, 6.45) is -4.47. The Balaban J connectivity index is 1.79. The second kappa shape index (κ2) is 7.73. The Bertz CT molecular complexity index is 1050. The van der Waals surface area contributed by atoms with Gasteiger partial charge in [0.25, 0.3) is 5.56 Å².